The number of hydrogen-bond donors (Lipinski definition) is 2. The molecule has 1 aliphatic carbocycles. The van der Waals surface area contributed by atoms with Gasteiger partial charge in [-0.15, -0.1) is 0 Å². The van der Waals surface area contributed by atoms with E-state index in [9.17, 15) is 0 Å². The average molecular weight is 194 g/mol. The van der Waals surface area contributed by atoms with Crippen LogP contribution in [-0.2, 0) is 0 Å². The fourth-order valence-electron chi connectivity index (χ4n) is 2.21. The Labute approximate surface area is 84.7 Å². The van der Waals surface area contributed by atoms with Crippen LogP contribution in [0.25, 0.3) is 0 Å². The standard InChI is InChI=1S/C11H18N2O/c1-7-3-4-10(14-7)11(13-2)8-5-9(12)6-8/h3-4,8-9,11,13H,5-6,12H2,1-2H3. The van der Waals surface area contributed by atoms with Gasteiger partial charge >= 0.3 is 0 Å². The lowest BCUT2D eigenvalue weighted by atomic mass is 9.75. The monoisotopic (exact) mass is 194 g/mol. The van der Waals surface area contributed by atoms with E-state index in [2.05, 4.69) is 11.4 Å². The Bertz CT molecular complexity index is 302. The van der Waals surface area contributed by atoms with Gasteiger partial charge in [0, 0.05) is 6.04 Å². The molecule has 1 heterocycles. The summed E-state index contributed by atoms with van der Waals surface area (Å²) in [5, 5.41) is 3.30. The molecule has 1 atom stereocenters. The first-order valence-electron chi connectivity index (χ1n) is 5.20. The molecule has 0 radical (unpaired) electrons. The van der Waals surface area contributed by atoms with Crippen LogP contribution in [0.15, 0.2) is 16.5 Å². The summed E-state index contributed by atoms with van der Waals surface area (Å²) in [7, 11) is 1.98. The number of furan rings is 1. The first kappa shape index (κ1) is 9.74. The van der Waals surface area contributed by atoms with Crippen LogP contribution in [0.1, 0.15) is 30.4 Å². The van der Waals surface area contributed by atoms with E-state index in [0.717, 1.165) is 24.4 Å². The zero-order valence-corrected chi connectivity index (χ0v) is 8.79. The highest BCUT2D eigenvalue weighted by molar-refractivity contribution is 5.12. The van der Waals surface area contributed by atoms with Gasteiger partial charge in [-0.05, 0) is 44.9 Å². The smallest absolute Gasteiger partial charge is 0.121 e. The average Bonchev–Trinajstić information content (AvgIpc) is 2.50. The van der Waals surface area contributed by atoms with Crippen LogP contribution in [0, 0.1) is 12.8 Å². The maximum Gasteiger partial charge on any atom is 0.121 e. The third-order valence-electron chi connectivity index (χ3n) is 3.06. The molecule has 1 fully saturated rings. The maximum absolute atomic E-state index is 5.79. The number of nitrogens with one attached hydrogen (secondary N) is 1. The molecule has 0 amide bonds. The van der Waals surface area contributed by atoms with Crippen molar-refractivity contribution in [3.8, 4) is 0 Å². The third kappa shape index (κ3) is 1.70. The van der Waals surface area contributed by atoms with Gasteiger partial charge in [-0.3, -0.25) is 0 Å². The second kappa shape index (κ2) is 3.75. The minimum atomic E-state index is 0.337. The Morgan fingerprint density at radius 3 is 2.64 bits per heavy atom. The van der Waals surface area contributed by atoms with Crippen molar-refractivity contribution in [1.82, 2.24) is 5.32 Å². The van der Waals surface area contributed by atoms with Gasteiger partial charge in [0.1, 0.15) is 11.5 Å². The summed E-state index contributed by atoms with van der Waals surface area (Å²) in [6.07, 6.45) is 2.20. The van der Waals surface area contributed by atoms with Gasteiger partial charge in [-0.25, -0.2) is 0 Å². The summed E-state index contributed by atoms with van der Waals surface area (Å²) in [5.74, 6) is 2.66. The molecule has 0 saturated heterocycles. The van der Waals surface area contributed by atoms with Crippen molar-refractivity contribution in [3.63, 3.8) is 0 Å². The highest BCUT2D eigenvalue weighted by Gasteiger charge is 2.34. The molecule has 1 aromatic heterocycles. The molecule has 1 saturated carbocycles. The van der Waals surface area contributed by atoms with Crippen LogP contribution < -0.4 is 11.1 Å². The molecule has 0 bridgehead atoms. The number of rotatable bonds is 3. The van der Waals surface area contributed by atoms with Crippen molar-refractivity contribution in [2.75, 3.05) is 7.05 Å². The molecule has 2 rings (SSSR count). The van der Waals surface area contributed by atoms with Gasteiger partial charge in [-0.1, -0.05) is 0 Å². The van der Waals surface area contributed by atoms with E-state index < -0.39 is 0 Å². The summed E-state index contributed by atoms with van der Waals surface area (Å²) >= 11 is 0. The van der Waals surface area contributed by atoms with Gasteiger partial charge in [0.05, 0.1) is 6.04 Å². The summed E-state index contributed by atoms with van der Waals surface area (Å²) < 4.78 is 5.63. The van der Waals surface area contributed by atoms with Crippen molar-refractivity contribution in [1.29, 1.82) is 0 Å². The zero-order chi connectivity index (χ0) is 10.1. The van der Waals surface area contributed by atoms with Gasteiger partial charge in [0.2, 0.25) is 0 Å². The van der Waals surface area contributed by atoms with Crippen LogP contribution in [0.5, 0.6) is 0 Å². The minimum Gasteiger partial charge on any atom is -0.465 e. The molecular weight excluding hydrogens is 176 g/mol. The fourth-order valence-corrected chi connectivity index (χ4v) is 2.21. The van der Waals surface area contributed by atoms with Crippen LogP contribution in [0.4, 0.5) is 0 Å². The molecule has 0 aromatic carbocycles. The lowest BCUT2D eigenvalue weighted by Gasteiger charge is -2.37. The molecule has 1 aliphatic rings. The van der Waals surface area contributed by atoms with E-state index in [1.165, 1.54) is 0 Å². The molecule has 1 aromatic rings. The number of nitrogens with two attached hydrogens (primary N) is 1. The van der Waals surface area contributed by atoms with Crippen LogP contribution in [-0.4, -0.2) is 13.1 Å². The Balaban J connectivity index is 2.06. The summed E-state index contributed by atoms with van der Waals surface area (Å²) in [5.41, 5.74) is 5.79. The molecule has 0 aliphatic heterocycles. The number of hydrogen-bond acceptors (Lipinski definition) is 3. The van der Waals surface area contributed by atoms with Gasteiger partial charge in [0.25, 0.3) is 0 Å². The Hall–Kier alpha value is -0.800. The van der Waals surface area contributed by atoms with E-state index >= 15 is 0 Å². The van der Waals surface area contributed by atoms with Gasteiger partial charge in [0.15, 0.2) is 0 Å². The molecular formula is C11H18N2O. The first-order valence-corrected chi connectivity index (χ1v) is 5.20. The molecule has 78 valence electrons. The lowest BCUT2D eigenvalue weighted by Crippen LogP contribution is -2.42. The van der Waals surface area contributed by atoms with Gasteiger partial charge < -0.3 is 15.5 Å². The Morgan fingerprint density at radius 2 is 2.21 bits per heavy atom. The van der Waals surface area contributed by atoms with Crippen molar-refractivity contribution in [2.24, 2.45) is 11.7 Å². The van der Waals surface area contributed by atoms with Crippen LogP contribution in [0.2, 0.25) is 0 Å². The molecule has 3 nitrogen and oxygen atoms in total. The second-order valence-corrected chi connectivity index (χ2v) is 4.21. The zero-order valence-electron chi connectivity index (χ0n) is 8.79. The van der Waals surface area contributed by atoms with Crippen LogP contribution in [0.3, 0.4) is 0 Å². The van der Waals surface area contributed by atoms with E-state index in [0.29, 0.717) is 18.0 Å². The van der Waals surface area contributed by atoms with Crippen molar-refractivity contribution < 1.29 is 4.42 Å². The normalized spacial score (nSPS) is 28.5. The van der Waals surface area contributed by atoms with Crippen molar-refractivity contribution >= 4 is 0 Å². The highest BCUT2D eigenvalue weighted by atomic mass is 16.3. The summed E-state index contributed by atoms with van der Waals surface area (Å²) in [6.45, 7) is 1.97. The van der Waals surface area contributed by atoms with E-state index in [1.807, 2.05) is 20.0 Å². The molecule has 3 heteroatoms. The first-order chi connectivity index (χ1) is 6.70. The van der Waals surface area contributed by atoms with E-state index in [-0.39, 0.29) is 0 Å². The lowest BCUT2D eigenvalue weighted by molar-refractivity contribution is 0.185. The van der Waals surface area contributed by atoms with Crippen molar-refractivity contribution in [3.05, 3.63) is 23.7 Å². The highest BCUT2D eigenvalue weighted by Crippen LogP contribution is 2.37. The quantitative estimate of drug-likeness (QED) is 0.768. The minimum absolute atomic E-state index is 0.337. The molecule has 14 heavy (non-hydrogen) atoms. The summed E-state index contributed by atoms with van der Waals surface area (Å²) in [4.78, 5) is 0. The maximum atomic E-state index is 5.79. The fraction of sp³-hybridized carbons (Fsp3) is 0.636. The number of aryl methyl sites for hydroxylation is 1. The van der Waals surface area contributed by atoms with Crippen LogP contribution >= 0.6 is 0 Å². The molecule has 3 N–H and O–H groups in total. The van der Waals surface area contributed by atoms with E-state index in [1.54, 1.807) is 0 Å². The Morgan fingerprint density at radius 1 is 1.50 bits per heavy atom. The predicted octanol–water partition coefficient (Wildman–Crippen LogP) is 1.59. The Kier molecular flexibility index (Phi) is 2.61. The predicted molar refractivity (Wildman–Crippen MR) is 55.9 cm³/mol. The second-order valence-electron chi connectivity index (χ2n) is 4.21. The SMILES string of the molecule is CNC(c1ccc(C)o1)C1CC(N)C1. The summed E-state index contributed by atoms with van der Waals surface area (Å²) in [6, 6.07) is 4.80. The van der Waals surface area contributed by atoms with Crippen molar-refractivity contribution in [2.45, 2.75) is 31.8 Å². The largest absolute Gasteiger partial charge is 0.465 e. The molecule has 0 spiro atoms. The molecule has 1 unspecified atom stereocenters. The topological polar surface area (TPSA) is 51.2 Å². The van der Waals surface area contributed by atoms with Gasteiger partial charge in [-0.2, -0.15) is 0 Å². The van der Waals surface area contributed by atoms with E-state index in [4.69, 9.17) is 10.2 Å². The third-order valence-corrected chi connectivity index (χ3v) is 3.06.